The highest BCUT2D eigenvalue weighted by atomic mass is 16.3. The molecule has 0 amide bonds. The molecule has 0 aliphatic carbocycles. The van der Waals surface area contributed by atoms with E-state index in [9.17, 15) is 5.11 Å². The van der Waals surface area contributed by atoms with Crippen molar-refractivity contribution in [2.75, 3.05) is 0 Å². The molecule has 17 heavy (non-hydrogen) atoms. The number of aliphatic hydroxyl groups excluding tert-OH is 1. The molecule has 0 saturated carbocycles. The highest BCUT2D eigenvalue weighted by Gasteiger charge is 2.08. The summed E-state index contributed by atoms with van der Waals surface area (Å²) < 4.78 is 0. The third-order valence-corrected chi connectivity index (χ3v) is 3.42. The summed E-state index contributed by atoms with van der Waals surface area (Å²) in [6.07, 6.45) is 0. The van der Waals surface area contributed by atoms with Crippen LogP contribution in [0.4, 0.5) is 0 Å². The summed E-state index contributed by atoms with van der Waals surface area (Å²) in [5.74, 6) is 0. The van der Waals surface area contributed by atoms with Gasteiger partial charge in [-0.05, 0) is 42.7 Å². The lowest BCUT2D eigenvalue weighted by atomic mass is 10.0. The van der Waals surface area contributed by atoms with E-state index in [-0.39, 0.29) is 6.61 Å². The molecule has 0 aliphatic heterocycles. The second-order valence-electron chi connectivity index (χ2n) is 4.61. The van der Waals surface area contributed by atoms with Crippen molar-refractivity contribution < 1.29 is 5.11 Å². The van der Waals surface area contributed by atoms with Gasteiger partial charge in [0, 0.05) is 21.8 Å². The quantitative estimate of drug-likeness (QED) is 0.654. The summed E-state index contributed by atoms with van der Waals surface area (Å²) in [5.41, 5.74) is 5.82. The van der Waals surface area contributed by atoms with Gasteiger partial charge in [-0.2, -0.15) is 0 Å². The summed E-state index contributed by atoms with van der Waals surface area (Å²) in [7, 11) is 0. The Hall–Kier alpha value is -1.80. The van der Waals surface area contributed by atoms with Crippen molar-refractivity contribution in [1.82, 2.24) is 4.98 Å². The van der Waals surface area contributed by atoms with Gasteiger partial charge in [-0.1, -0.05) is 18.2 Å². The van der Waals surface area contributed by atoms with E-state index in [0.717, 1.165) is 11.1 Å². The Morgan fingerprint density at radius 3 is 2.59 bits per heavy atom. The van der Waals surface area contributed by atoms with Crippen molar-refractivity contribution in [2.45, 2.75) is 20.5 Å². The van der Waals surface area contributed by atoms with Crippen LogP contribution in [0.5, 0.6) is 0 Å². The molecule has 0 atom stereocenters. The fourth-order valence-corrected chi connectivity index (χ4v) is 2.46. The van der Waals surface area contributed by atoms with E-state index >= 15 is 0 Å². The first-order valence-corrected chi connectivity index (χ1v) is 5.82. The van der Waals surface area contributed by atoms with E-state index in [1.54, 1.807) is 0 Å². The molecule has 0 bridgehead atoms. The minimum atomic E-state index is 0.0908. The number of H-pyrrole nitrogens is 1. The molecular formula is C15H15NO. The Balaban J connectivity index is 2.52. The lowest BCUT2D eigenvalue weighted by molar-refractivity contribution is 0.282. The van der Waals surface area contributed by atoms with Gasteiger partial charge < -0.3 is 10.1 Å². The monoisotopic (exact) mass is 225 g/mol. The maximum atomic E-state index is 9.22. The normalized spacial score (nSPS) is 11.5. The van der Waals surface area contributed by atoms with Crippen molar-refractivity contribution in [3.63, 3.8) is 0 Å². The molecule has 86 valence electrons. The number of aliphatic hydroxyl groups is 1. The van der Waals surface area contributed by atoms with Crippen LogP contribution in [0.2, 0.25) is 0 Å². The highest BCUT2D eigenvalue weighted by molar-refractivity contribution is 6.10. The van der Waals surface area contributed by atoms with E-state index in [0.29, 0.717) is 0 Å². The number of rotatable bonds is 1. The predicted molar refractivity (Wildman–Crippen MR) is 71.2 cm³/mol. The summed E-state index contributed by atoms with van der Waals surface area (Å²) >= 11 is 0. The number of hydrogen-bond donors (Lipinski definition) is 2. The van der Waals surface area contributed by atoms with Crippen LogP contribution < -0.4 is 0 Å². The van der Waals surface area contributed by atoms with Crippen molar-refractivity contribution >= 4 is 21.8 Å². The molecular weight excluding hydrogens is 210 g/mol. The summed E-state index contributed by atoms with van der Waals surface area (Å²) in [6.45, 7) is 4.33. The number of aromatic nitrogens is 1. The zero-order valence-corrected chi connectivity index (χ0v) is 10.0. The van der Waals surface area contributed by atoms with Crippen LogP contribution in [0, 0.1) is 13.8 Å². The predicted octanol–water partition coefficient (Wildman–Crippen LogP) is 3.43. The minimum Gasteiger partial charge on any atom is -0.392 e. The average molecular weight is 225 g/mol. The van der Waals surface area contributed by atoms with Crippen molar-refractivity contribution in [2.24, 2.45) is 0 Å². The maximum Gasteiger partial charge on any atom is 0.0682 e. The van der Waals surface area contributed by atoms with Crippen molar-refractivity contribution in [1.29, 1.82) is 0 Å². The van der Waals surface area contributed by atoms with Crippen LogP contribution in [0.15, 0.2) is 30.3 Å². The van der Waals surface area contributed by atoms with E-state index in [4.69, 9.17) is 0 Å². The summed E-state index contributed by atoms with van der Waals surface area (Å²) in [4.78, 5) is 3.46. The topological polar surface area (TPSA) is 36.0 Å². The Morgan fingerprint density at radius 2 is 1.82 bits per heavy atom. The van der Waals surface area contributed by atoms with E-state index in [1.165, 1.54) is 27.4 Å². The average Bonchev–Trinajstić information content (AvgIpc) is 2.73. The molecule has 1 aromatic heterocycles. The van der Waals surface area contributed by atoms with Crippen LogP contribution in [-0.2, 0) is 6.61 Å². The minimum absolute atomic E-state index is 0.0908. The van der Waals surface area contributed by atoms with Crippen LogP contribution in [0.1, 0.15) is 16.7 Å². The standard InChI is InChI=1S/C15H15NO/c1-9-3-4-10(2)15-14(9)12-7-11(8-17)5-6-13(12)16-15/h3-7,16-17H,8H2,1-2H3. The molecule has 3 aromatic rings. The van der Waals surface area contributed by atoms with Gasteiger partial charge in [-0.15, -0.1) is 0 Å². The molecule has 0 fully saturated rings. The van der Waals surface area contributed by atoms with Gasteiger partial charge in [0.1, 0.15) is 0 Å². The van der Waals surface area contributed by atoms with Gasteiger partial charge >= 0.3 is 0 Å². The molecule has 2 aromatic carbocycles. The fourth-order valence-electron chi connectivity index (χ4n) is 2.46. The molecule has 2 heteroatoms. The first kappa shape index (κ1) is 10.4. The van der Waals surface area contributed by atoms with Crippen LogP contribution in [0.25, 0.3) is 21.8 Å². The zero-order valence-electron chi connectivity index (χ0n) is 10.0. The molecule has 1 heterocycles. The Bertz CT molecular complexity index is 710. The Labute approximate surface area is 99.9 Å². The fraction of sp³-hybridized carbons (Fsp3) is 0.200. The van der Waals surface area contributed by atoms with Gasteiger partial charge in [0.15, 0.2) is 0 Å². The lowest BCUT2D eigenvalue weighted by Gasteiger charge is -2.00. The second kappa shape index (κ2) is 3.60. The zero-order chi connectivity index (χ0) is 12.0. The highest BCUT2D eigenvalue weighted by Crippen LogP contribution is 2.30. The molecule has 0 unspecified atom stereocenters. The van der Waals surface area contributed by atoms with Gasteiger partial charge in [0.2, 0.25) is 0 Å². The van der Waals surface area contributed by atoms with Crippen molar-refractivity contribution in [3.05, 3.63) is 47.0 Å². The first-order valence-electron chi connectivity index (χ1n) is 5.82. The van der Waals surface area contributed by atoms with E-state index in [1.807, 2.05) is 12.1 Å². The van der Waals surface area contributed by atoms with Gasteiger partial charge in [0.05, 0.1) is 6.61 Å². The van der Waals surface area contributed by atoms with Crippen LogP contribution in [-0.4, -0.2) is 10.1 Å². The molecule has 3 rings (SSSR count). The maximum absolute atomic E-state index is 9.22. The summed E-state index contributed by atoms with van der Waals surface area (Å²) in [5, 5.41) is 11.7. The molecule has 0 saturated heterocycles. The summed E-state index contributed by atoms with van der Waals surface area (Å²) in [6, 6.07) is 10.4. The second-order valence-corrected chi connectivity index (χ2v) is 4.61. The molecule has 0 radical (unpaired) electrons. The van der Waals surface area contributed by atoms with Gasteiger partial charge in [-0.25, -0.2) is 0 Å². The molecule has 0 spiro atoms. The third-order valence-electron chi connectivity index (χ3n) is 3.42. The molecule has 0 aliphatic rings. The van der Waals surface area contributed by atoms with Gasteiger partial charge in [0.25, 0.3) is 0 Å². The number of aromatic amines is 1. The smallest absolute Gasteiger partial charge is 0.0682 e. The van der Waals surface area contributed by atoms with Crippen LogP contribution >= 0.6 is 0 Å². The largest absolute Gasteiger partial charge is 0.392 e. The van der Waals surface area contributed by atoms with Crippen LogP contribution in [0.3, 0.4) is 0 Å². The lowest BCUT2D eigenvalue weighted by Crippen LogP contribution is -1.82. The number of fused-ring (bicyclic) bond motifs is 3. The number of aryl methyl sites for hydroxylation is 2. The third kappa shape index (κ3) is 1.45. The molecule has 2 nitrogen and oxygen atoms in total. The van der Waals surface area contributed by atoms with E-state index < -0.39 is 0 Å². The van der Waals surface area contributed by atoms with Crippen molar-refractivity contribution in [3.8, 4) is 0 Å². The Kier molecular flexibility index (Phi) is 2.20. The number of hydrogen-bond acceptors (Lipinski definition) is 1. The van der Waals surface area contributed by atoms with Gasteiger partial charge in [-0.3, -0.25) is 0 Å². The SMILES string of the molecule is Cc1ccc(C)c2c1[nH]c1ccc(CO)cc12. The molecule has 2 N–H and O–H groups in total. The first-order chi connectivity index (χ1) is 8.20. The number of nitrogens with one attached hydrogen (secondary N) is 1. The van der Waals surface area contributed by atoms with E-state index in [2.05, 4.69) is 37.0 Å². The Morgan fingerprint density at radius 1 is 1.06 bits per heavy atom. The number of benzene rings is 2.